The van der Waals surface area contributed by atoms with Gasteiger partial charge in [0.25, 0.3) is 0 Å². The largest absolute Gasteiger partial charge is 0.436 e. The van der Waals surface area contributed by atoms with Crippen molar-refractivity contribution in [1.29, 1.82) is 0 Å². The molecule has 1 heterocycles. The number of carbonyl (C=O) groups is 1. The van der Waals surface area contributed by atoms with Crippen molar-refractivity contribution >= 4 is 17.4 Å². The number of halogens is 1. The molecule has 4 heteroatoms. The zero-order valence-corrected chi connectivity index (χ0v) is 9.26. The molecule has 0 spiro atoms. The molecule has 0 unspecified atom stereocenters. The van der Waals surface area contributed by atoms with E-state index in [4.69, 9.17) is 4.42 Å². The quantitative estimate of drug-likeness (QED) is 0.645. The third-order valence-electron chi connectivity index (χ3n) is 2.65. The molecule has 1 aromatic heterocycles. The third kappa shape index (κ3) is 1.68. The molecule has 0 amide bonds. The molecule has 0 saturated heterocycles. The Balaban J connectivity index is 2.19. The van der Waals surface area contributed by atoms with Gasteiger partial charge in [-0.25, -0.2) is 9.37 Å². The fraction of sp³-hybridized carbons (Fsp3) is 0. The second-order valence-corrected chi connectivity index (χ2v) is 3.84. The van der Waals surface area contributed by atoms with E-state index in [0.29, 0.717) is 22.2 Å². The summed E-state index contributed by atoms with van der Waals surface area (Å²) in [6.07, 6.45) is 0.727. The number of hydrogen-bond donors (Lipinski definition) is 0. The van der Waals surface area contributed by atoms with Gasteiger partial charge in [0.05, 0.1) is 5.56 Å². The normalized spacial score (nSPS) is 10.7. The Morgan fingerprint density at radius 1 is 1.17 bits per heavy atom. The first kappa shape index (κ1) is 10.7. The Hall–Kier alpha value is -2.49. The summed E-state index contributed by atoms with van der Waals surface area (Å²) in [6.45, 7) is 0. The number of aromatic nitrogens is 1. The van der Waals surface area contributed by atoms with Gasteiger partial charge in [-0.2, -0.15) is 0 Å². The van der Waals surface area contributed by atoms with Crippen LogP contribution in [0.25, 0.3) is 22.6 Å². The second-order valence-electron chi connectivity index (χ2n) is 3.84. The topological polar surface area (TPSA) is 43.1 Å². The van der Waals surface area contributed by atoms with Crippen molar-refractivity contribution in [1.82, 2.24) is 4.98 Å². The van der Waals surface area contributed by atoms with Crippen LogP contribution in [-0.2, 0) is 0 Å². The van der Waals surface area contributed by atoms with Crippen LogP contribution in [0.2, 0.25) is 0 Å². The second kappa shape index (κ2) is 4.07. The summed E-state index contributed by atoms with van der Waals surface area (Å²) >= 11 is 0. The molecule has 18 heavy (non-hydrogen) atoms. The standard InChI is InChI=1S/C14H8FNO2/c15-11-4-2-1-3-10(11)14-16-12-6-5-9(8-17)7-13(12)18-14/h1-8H. The fourth-order valence-electron chi connectivity index (χ4n) is 1.76. The summed E-state index contributed by atoms with van der Waals surface area (Å²) in [5.41, 5.74) is 1.87. The van der Waals surface area contributed by atoms with E-state index in [2.05, 4.69) is 4.98 Å². The Morgan fingerprint density at radius 3 is 2.78 bits per heavy atom. The third-order valence-corrected chi connectivity index (χ3v) is 2.65. The molecule has 88 valence electrons. The van der Waals surface area contributed by atoms with E-state index in [0.717, 1.165) is 6.29 Å². The van der Waals surface area contributed by atoms with Gasteiger partial charge in [0.15, 0.2) is 5.58 Å². The van der Waals surface area contributed by atoms with Crippen LogP contribution < -0.4 is 0 Å². The fourth-order valence-corrected chi connectivity index (χ4v) is 1.76. The Morgan fingerprint density at radius 2 is 2.00 bits per heavy atom. The highest BCUT2D eigenvalue weighted by atomic mass is 19.1. The number of benzene rings is 2. The molecule has 0 saturated carbocycles. The Labute approximate surface area is 102 Å². The van der Waals surface area contributed by atoms with E-state index in [9.17, 15) is 9.18 Å². The Kier molecular flexibility index (Phi) is 2.41. The van der Waals surface area contributed by atoms with Crippen molar-refractivity contribution in [3.63, 3.8) is 0 Å². The van der Waals surface area contributed by atoms with Gasteiger partial charge in [-0.1, -0.05) is 12.1 Å². The summed E-state index contributed by atoms with van der Waals surface area (Å²) in [4.78, 5) is 14.9. The van der Waals surface area contributed by atoms with Gasteiger partial charge in [-0.15, -0.1) is 0 Å². The van der Waals surface area contributed by atoms with Crippen molar-refractivity contribution in [2.75, 3.05) is 0 Å². The molecule has 0 aliphatic carbocycles. The van der Waals surface area contributed by atoms with E-state index in [1.807, 2.05) is 0 Å². The average molecular weight is 241 g/mol. The minimum Gasteiger partial charge on any atom is -0.436 e. The number of nitrogens with zero attached hydrogens (tertiary/aromatic N) is 1. The summed E-state index contributed by atoms with van der Waals surface area (Å²) in [6, 6.07) is 11.2. The number of aldehydes is 1. The molecule has 0 aliphatic rings. The van der Waals surface area contributed by atoms with E-state index in [1.54, 1.807) is 36.4 Å². The van der Waals surface area contributed by atoms with E-state index < -0.39 is 0 Å². The van der Waals surface area contributed by atoms with Gasteiger partial charge < -0.3 is 4.42 Å². The van der Waals surface area contributed by atoms with Crippen molar-refractivity contribution in [2.45, 2.75) is 0 Å². The lowest BCUT2D eigenvalue weighted by Gasteiger charge is -1.95. The maximum Gasteiger partial charge on any atom is 0.230 e. The molecule has 0 fully saturated rings. The summed E-state index contributed by atoms with van der Waals surface area (Å²) in [5, 5.41) is 0. The SMILES string of the molecule is O=Cc1ccc2nc(-c3ccccc3F)oc2c1. The van der Waals surface area contributed by atoms with Crippen LogP contribution in [0.3, 0.4) is 0 Å². The highest BCUT2D eigenvalue weighted by molar-refractivity contribution is 5.84. The van der Waals surface area contributed by atoms with Gasteiger partial charge in [-0.3, -0.25) is 4.79 Å². The van der Waals surface area contributed by atoms with Crippen LogP contribution in [-0.4, -0.2) is 11.3 Å². The molecule has 2 aromatic carbocycles. The van der Waals surface area contributed by atoms with Crippen LogP contribution in [0, 0.1) is 5.82 Å². The molecule has 0 N–H and O–H groups in total. The highest BCUT2D eigenvalue weighted by Crippen LogP contribution is 2.26. The molecular weight excluding hydrogens is 233 g/mol. The number of rotatable bonds is 2. The van der Waals surface area contributed by atoms with Gasteiger partial charge in [0, 0.05) is 5.56 Å². The average Bonchev–Trinajstić information content (AvgIpc) is 2.81. The number of oxazole rings is 1. The maximum atomic E-state index is 13.6. The zero-order chi connectivity index (χ0) is 12.5. The summed E-state index contributed by atoms with van der Waals surface area (Å²) < 4.78 is 19.1. The first-order valence-corrected chi connectivity index (χ1v) is 5.38. The predicted molar refractivity (Wildman–Crippen MR) is 64.8 cm³/mol. The van der Waals surface area contributed by atoms with E-state index in [1.165, 1.54) is 6.07 Å². The molecule has 3 aromatic rings. The lowest BCUT2D eigenvalue weighted by Crippen LogP contribution is -1.82. The van der Waals surface area contributed by atoms with Crippen molar-refractivity contribution in [2.24, 2.45) is 0 Å². The smallest absolute Gasteiger partial charge is 0.230 e. The first-order valence-electron chi connectivity index (χ1n) is 5.38. The van der Waals surface area contributed by atoms with Gasteiger partial charge in [0.1, 0.15) is 17.6 Å². The molecule has 0 atom stereocenters. The maximum absolute atomic E-state index is 13.6. The van der Waals surface area contributed by atoms with Gasteiger partial charge >= 0.3 is 0 Å². The Bertz CT molecular complexity index is 733. The van der Waals surface area contributed by atoms with Crippen LogP contribution in [0.4, 0.5) is 4.39 Å². The molecule has 3 rings (SSSR count). The van der Waals surface area contributed by atoms with Crippen molar-refractivity contribution < 1.29 is 13.6 Å². The number of fused-ring (bicyclic) bond motifs is 1. The van der Waals surface area contributed by atoms with E-state index >= 15 is 0 Å². The first-order chi connectivity index (χ1) is 8.78. The summed E-state index contributed by atoms with van der Waals surface area (Å²) in [5.74, 6) is -0.175. The minimum atomic E-state index is -0.389. The van der Waals surface area contributed by atoms with E-state index in [-0.39, 0.29) is 11.7 Å². The lowest BCUT2D eigenvalue weighted by atomic mass is 10.2. The lowest BCUT2D eigenvalue weighted by molar-refractivity contribution is 0.112. The van der Waals surface area contributed by atoms with Crippen molar-refractivity contribution in [3.05, 3.63) is 53.8 Å². The molecule has 3 nitrogen and oxygen atoms in total. The van der Waals surface area contributed by atoms with Crippen LogP contribution in [0.1, 0.15) is 10.4 Å². The van der Waals surface area contributed by atoms with Crippen LogP contribution in [0.5, 0.6) is 0 Å². The monoisotopic (exact) mass is 241 g/mol. The van der Waals surface area contributed by atoms with Crippen LogP contribution in [0.15, 0.2) is 46.9 Å². The summed E-state index contributed by atoms with van der Waals surface area (Å²) in [7, 11) is 0. The number of carbonyl (C=O) groups excluding carboxylic acids is 1. The zero-order valence-electron chi connectivity index (χ0n) is 9.26. The molecule has 0 radical (unpaired) electrons. The predicted octanol–water partition coefficient (Wildman–Crippen LogP) is 3.45. The molecule has 0 bridgehead atoms. The highest BCUT2D eigenvalue weighted by Gasteiger charge is 2.12. The van der Waals surface area contributed by atoms with Gasteiger partial charge in [-0.05, 0) is 30.3 Å². The van der Waals surface area contributed by atoms with Gasteiger partial charge in [0.2, 0.25) is 5.89 Å². The minimum absolute atomic E-state index is 0.214. The number of hydrogen-bond acceptors (Lipinski definition) is 3. The van der Waals surface area contributed by atoms with Crippen LogP contribution >= 0.6 is 0 Å². The molecule has 0 aliphatic heterocycles. The molecular formula is C14H8FNO2. The van der Waals surface area contributed by atoms with Crippen molar-refractivity contribution in [3.8, 4) is 11.5 Å².